The highest BCUT2D eigenvalue weighted by molar-refractivity contribution is 7.89. The van der Waals surface area contributed by atoms with Gasteiger partial charge in [-0.25, -0.2) is 12.7 Å². The van der Waals surface area contributed by atoms with Crippen LogP contribution in [-0.2, 0) is 21.2 Å². The number of fused-ring (bicyclic) bond motifs is 1. The van der Waals surface area contributed by atoms with Gasteiger partial charge in [0.05, 0.1) is 11.8 Å². The van der Waals surface area contributed by atoms with Gasteiger partial charge in [0.25, 0.3) is 0 Å². The molecule has 0 radical (unpaired) electrons. The Balaban J connectivity index is 1.38. The molecule has 0 aromatic heterocycles. The molecule has 2 saturated heterocycles. The minimum atomic E-state index is -3.21. The molecule has 2 fully saturated rings. The molecule has 1 amide bonds. The van der Waals surface area contributed by atoms with Crippen LogP contribution in [0.2, 0.25) is 0 Å². The summed E-state index contributed by atoms with van der Waals surface area (Å²) in [4.78, 5) is 16.5. The van der Waals surface area contributed by atoms with Crippen LogP contribution in [0.4, 0.5) is 5.69 Å². The van der Waals surface area contributed by atoms with Gasteiger partial charge in [0, 0.05) is 38.4 Å². The number of nitrogens with zero attached hydrogens (tertiary/aromatic N) is 3. The van der Waals surface area contributed by atoms with Gasteiger partial charge in [0.2, 0.25) is 15.9 Å². The molecule has 1 aromatic rings. The Hall–Kier alpha value is -1.44. The second kappa shape index (κ2) is 6.70. The van der Waals surface area contributed by atoms with E-state index in [2.05, 4.69) is 6.07 Å². The highest BCUT2D eigenvalue weighted by Crippen LogP contribution is 2.28. The maximum Gasteiger partial charge on any atom is 0.241 e. The van der Waals surface area contributed by atoms with Crippen molar-refractivity contribution in [3.63, 3.8) is 0 Å². The molecule has 3 aliphatic rings. The Morgan fingerprint density at radius 2 is 1.84 bits per heavy atom. The third-order valence-electron chi connectivity index (χ3n) is 5.62. The van der Waals surface area contributed by atoms with E-state index in [1.807, 2.05) is 28.0 Å². The molecule has 7 heteroatoms. The van der Waals surface area contributed by atoms with Gasteiger partial charge in [-0.1, -0.05) is 18.2 Å². The summed E-state index contributed by atoms with van der Waals surface area (Å²) in [7, 11) is -3.21. The zero-order chi connectivity index (χ0) is 17.4. The summed E-state index contributed by atoms with van der Waals surface area (Å²) in [5.41, 5.74) is 2.22. The van der Waals surface area contributed by atoms with Crippen molar-refractivity contribution in [2.24, 2.45) is 0 Å². The molecule has 3 aliphatic heterocycles. The minimum absolute atomic E-state index is 0.0733. The summed E-state index contributed by atoms with van der Waals surface area (Å²) in [6.07, 6.45) is 3.45. The summed E-state index contributed by atoms with van der Waals surface area (Å²) < 4.78 is 27.0. The summed E-state index contributed by atoms with van der Waals surface area (Å²) in [6.45, 7) is 3.49. The number of rotatable bonds is 4. The van der Waals surface area contributed by atoms with E-state index in [-0.39, 0.29) is 11.2 Å². The fourth-order valence-electron chi connectivity index (χ4n) is 4.21. The van der Waals surface area contributed by atoms with Crippen molar-refractivity contribution in [2.75, 3.05) is 44.2 Å². The van der Waals surface area contributed by atoms with E-state index in [0.29, 0.717) is 39.1 Å². The van der Waals surface area contributed by atoms with Crippen LogP contribution in [0.3, 0.4) is 0 Å². The topological polar surface area (TPSA) is 60.9 Å². The molecule has 0 aliphatic carbocycles. The number of hydrogen-bond donors (Lipinski definition) is 0. The lowest BCUT2D eigenvalue weighted by Gasteiger charge is -2.23. The van der Waals surface area contributed by atoms with E-state index < -0.39 is 10.0 Å². The van der Waals surface area contributed by atoms with Crippen LogP contribution >= 0.6 is 0 Å². The molecule has 0 saturated carbocycles. The number of anilines is 1. The molecular weight excluding hydrogens is 338 g/mol. The van der Waals surface area contributed by atoms with Gasteiger partial charge in [0.1, 0.15) is 0 Å². The number of amides is 1. The van der Waals surface area contributed by atoms with Gasteiger partial charge in [0.15, 0.2) is 0 Å². The number of para-hydroxylation sites is 1. The Labute approximate surface area is 149 Å². The Morgan fingerprint density at radius 3 is 2.64 bits per heavy atom. The van der Waals surface area contributed by atoms with E-state index >= 15 is 0 Å². The molecule has 25 heavy (non-hydrogen) atoms. The largest absolute Gasteiger partial charge is 0.311 e. The molecule has 0 N–H and O–H groups in total. The van der Waals surface area contributed by atoms with Crippen LogP contribution in [-0.4, -0.2) is 68.0 Å². The molecule has 4 rings (SSSR count). The first kappa shape index (κ1) is 17.0. The first-order valence-electron chi connectivity index (χ1n) is 9.15. The smallest absolute Gasteiger partial charge is 0.241 e. The Kier molecular flexibility index (Phi) is 4.56. The first-order valence-corrected chi connectivity index (χ1v) is 10.7. The number of carbonyl (C=O) groups is 1. The zero-order valence-corrected chi connectivity index (χ0v) is 15.2. The molecule has 1 unspecified atom stereocenters. The lowest BCUT2D eigenvalue weighted by Crippen LogP contribution is -2.41. The predicted octanol–water partition coefficient (Wildman–Crippen LogP) is 1.08. The first-order chi connectivity index (χ1) is 12.1. The van der Waals surface area contributed by atoms with Crippen molar-refractivity contribution in [1.29, 1.82) is 0 Å². The van der Waals surface area contributed by atoms with Gasteiger partial charge in [-0.2, -0.15) is 0 Å². The van der Waals surface area contributed by atoms with Crippen LogP contribution in [0, 0.1) is 0 Å². The summed E-state index contributed by atoms with van der Waals surface area (Å²) in [5.74, 6) is 0.0733. The minimum Gasteiger partial charge on any atom is -0.311 e. The van der Waals surface area contributed by atoms with Crippen LogP contribution in [0.25, 0.3) is 0 Å². The van der Waals surface area contributed by atoms with E-state index in [1.54, 1.807) is 4.31 Å². The third-order valence-corrected chi connectivity index (χ3v) is 7.93. The van der Waals surface area contributed by atoms with E-state index in [4.69, 9.17) is 0 Å². The maximum atomic E-state index is 12.7. The Bertz CT molecular complexity index is 759. The van der Waals surface area contributed by atoms with Crippen molar-refractivity contribution in [3.05, 3.63) is 29.8 Å². The van der Waals surface area contributed by atoms with Crippen molar-refractivity contribution in [3.8, 4) is 0 Å². The second-order valence-corrected chi connectivity index (χ2v) is 9.43. The molecule has 136 valence electrons. The quantitative estimate of drug-likeness (QED) is 0.803. The monoisotopic (exact) mass is 363 g/mol. The molecule has 0 spiro atoms. The molecule has 1 aromatic carbocycles. The van der Waals surface area contributed by atoms with Crippen molar-refractivity contribution in [1.82, 2.24) is 9.21 Å². The van der Waals surface area contributed by atoms with E-state index in [0.717, 1.165) is 31.5 Å². The maximum absolute atomic E-state index is 12.7. The fraction of sp³-hybridized carbons (Fsp3) is 0.611. The number of sulfonamides is 1. The number of benzene rings is 1. The van der Waals surface area contributed by atoms with E-state index in [1.165, 1.54) is 5.56 Å². The average Bonchev–Trinajstić information content (AvgIpc) is 3.34. The van der Waals surface area contributed by atoms with Crippen LogP contribution in [0.15, 0.2) is 24.3 Å². The fourth-order valence-corrected chi connectivity index (χ4v) is 6.20. The predicted molar refractivity (Wildman–Crippen MR) is 97.1 cm³/mol. The molecule has 6 nitrogen and oxygen atoms in total. The van der Waals surface area contributed by atoms with Gasteiger partial charge in [-0.3, -0.25) is 9.69 Å². The third kappa shape index (κ3) is 3.20. The lowest BCUT2D eigenvalue weighted by molar-refractivity contribution is -0.119. The lowest BCUT2D eigenvalue weighted by atomic mass is 10.2. The normalized spacial score (nSPS) is 24.8. The highest BCUT2D eigenvalue weighted by atomic mass is 32.2. The molecule has 1 atom stereocenters. The molecule has 0 bridgehead atoms. The Morgan fingerprint density at radius 1 is 1.08 bits per heavy atom. The molecule has 3 heterocycles. The average molecular weight is 363 g/mol. The van der Waals surface area contributed by atoms with Crippen molar-refractivity contribution < 1.29 is 13.2 Å². The van der Waals surface area contributed by atoms with Crippen LogP contribution in [0.1, 0.15) is 24.8 Å². The van der Waals surface area contributed by atoms with Crippen LogP contribution in [0.5, 0.6) is 0 Å². The van der Waals surface area contributed by atoms with Gasteiger partial charge in [-0.15, -0.1) is 0 Å². The van der Waals surface area contributed by atoms with Gasteiger partial charge in [-0.05, 0) is 37.3 Å². The van der Waals surface area contributed by atoms with Crippen molar-refractivity contribution in [2.45, 2.75) is 30.9 Å². The van der Waals surface area contributed by atoms with E-state index in [9.17, 15) is 13.2 Å². The number of likely N-dealkylation sites (tertiary alicyclic amines) is 1. The standard InChI is InChI=1S/C18H25N3O3S/c22-18(21-12-7-15-5-1-2-6-17(15)21)14-19-11-8-16(13-19)25(23,24)20-9-3-4-10-20/h1-2,5-6,16H,3-4,7-14H2. The van der Waals surface area contributed by atoms with Crippen molar-refractivity contribution >= 4 is 21.6 Å². The number of carbonyl (C=O) groups excluding carboxylic acids is 1. The van der Waals surface area contributed by atoms with Gasteiger partial charge < -0.3 is 4.90 Å². The summed E-state index contributed by atoms with van der Waals surface area (Å²) >= 11 is 0. The second-order valence-electron chi connectivity index (χ2n) is 7.22. The summed E-state index contributed by atoms with van der Waals surface area (Å²) in [6, 6.07) is 8.02. The van der Waals surface area contributed by atoms with Crippen LogP contribution < -0.4 is 4.90 Å². The number of hydrogen-bond acceptors (Lipinski definition) is 4. The zero-order valence-electron chi connectivity index (χ0n) is 14.4. The van der Waals surface area contributed by atoms with Gasteiger partial charge >= 0.3 is 0 Å². The SMILES string of the molecule is O=C(CN1CCC(S(=O)(=O)N2CCCC2)C1)N1CCc2ccccc21. The highest BCUT2D eigenvalue weighted by Gasteiger charge is 2.39. The molecular formula is C18H25N3O3S. The summed E-state index contributed by atoms with van der Waals surface area (Å²) in [5, 5.41) is -0.357.